The summed E-state index contributed by atoms with van der Waals surface area (Å²) in [5.74, 6) is 0. The molecule has 3 heteroatoms. The molecule has 0 fully saturated rings. The topological polar surface area (TPSA) is 30.2 Å². The Kier molecular flexibility index (Phi) is 3.42. The summed E-state index contributed by atoms with van der Waals surface area (Å²) < 4.78 is 5.40. The minimum atomic E-state index is -0.292. The van der Waals surface area contributed by atoms with Gasteiger partial charge in [0.15, 0.2) is 0 Å². The van der Waals surface area contributed by atoms with Gasteiger partial charge in [-0.2, -0.15) is 0 Å². The van der Waals surface area contributed by atoms with Crippen LogP contribution < -0.4 is 5.63 Å². The Morgan fingerprint density at radius 1 is 1.05 bits per heavy atom. The van der Waals surface area contributed by atoms with Gasteiger partial charge in [0.1, 0.15) is 5.58 Å². The second-order valence-corrected chi connectivity index (χ2v) is 5.30. The summed E-state index contributed by atoms with van der Waals surface area (Å²) in [6.45, 7) is 2.03. The van der Waals surface area contributed by atoms with Crippen LogP contribution in [0.2, 0.25) is 0 Å². The minimum absolute atomic E-state index is 0.292. The van der Waals surface area contributed by atoms with E-state index in [1.54, 1.807) is 0 Å². The highest BCUT2D eigenvalue weighted by atomic mass is 31.0. The van der Waals surface area contributed by atoms with Crippen molar-refractivity contribution in [3.8, 4) is 11.1 Å². The van der Waals surface area contributed by atoms with Crippen molar-refractivity contribution in [2.24, 2.45) is 0 Å². The summed E-state index contributed by atoms with van der Waals surface area (Å²) in [5.41, 5.74) is 4.21. The second-order valence-electron chi connectivity index (χ2n) is 4.89. The molecule has 0 aliphatic rings. The molecular formula is C17H15O2P. The van der Waals surface area contributed by atoms with Crippen molar-refractivity contribution in [3.63, 3.8) is 0 Å². The number of hydrogen-bond acceptors (Lipinski definition) is 2. The molecule has 1 aromatic heterocycles. The van der Waals surface area contributed by atoms with Gasteiger partial charge in [0.05, 0.1) is 5.56 Å². The normalized spacial score (nSPS) is 10.9. The quantitative estimate of drug-likeness (QED) is 0.522. The molecule has 100 valence electrons. The predicted octanol–water partition coefficient (Wildman–Crippen LogP) is 4.14. The van der Waals surface area contributed by atoms with Crippen LogP contribution in [-0.4, -0.2) is 0 Å². The van der Waals surface area contributed by atoms with Crippen LogP contribution in [-0.2, 0) is 6.16 Å². The van der Waals surface area contributed by atoms with Gasteiger partial charge in [-0.3, -0.25) is 0 Å². The Hall–Kier alpha value is -1.92. The van der Waals surface area contributed by atoms with E-state index in [2.05, 4.69) is 9.24 Å². The maximum Gasteiger partial charge on any atom is 0.344 e. The largest absolute Gasteiger partial charge is 0.422 e. The summed E-state index contributed by atoms with van der Waals surface area (Å²) in [4.78, 5) is 12.1. The van der Waals surface area contributed by atoms with Crippen LogP contribution in [0.3, 0.4) is 0 Å². The third-order valence-corrected chi connectivity index (χ3v) is 3.86. The monoisotopic (exact) mass is 282 g/mol. The smallest absolute Gasteiger partial charge is 0.344 e. The highest BCUT2D eigenvalue weighted by Crippen LogP contribution is 2.22. The van der Waals surface area contributed by atoms with E-state index in [0.29, 0.717) is 11.1 Å². The molecule has 0 spiro atoms. The van der Waals surface area contributed by atoms with E-state index in [-0.39, 0.29) is 5.63 Å². The Balaban J connectivity index is 2.19. The summed E-state index contributed by atoms with van der Waals surface area (Å²) in [5, 5.41) is 0.953. The van der Waals surface area contributed by atoms with Crippen molar-refractivity contribution in [1.82, 2.24) is 0 Å². The first-order valence-corrected chi connectivity index (χ1v) is 7.33. The maximum atomic E-state index is 12.1. The Morgan fingerprint density at radius 3 is 2.50 bits per heavy atom. The van der Waals surface area contributed by atoms with E-state index in [4.69, 9.17) is 4.42 Å². The van der Waals surface area contributed by atoms with E-state index in [0.717, 1.165) is 22.7 Å². The Bertz CT molecular complexity index is 817. The Morgan fingerprint density at radius 2 is 1.80 bits per heavy atom. The molecule has 0 N–H and O–H groups in total. The number of benzene rings is 2. The SMILES string of the molecule is Cc1ccc2oc(=O)c(-c3ccc(CP)cc3)cc2c1. The van der Waals surface area contributed by atoms with E-state index < -0.39 is 0 Å². The van der Waals surface area contributed by atoms with Crippen LogP contribution in [0.15, 0.2) is 57.7 Å². The zero-order valence-corrected chi connectivity index (χ0v) is 12.4. The van der Waals surface area contributed by atoms with Crippen molar-refractivity contribution in [1.29, 1.82) is 0 Å². The molecule has 2 aromatic carbocycles. The second kappa shape index (κ2) is 5.22. The molecule has 0 amide bonds. The molecule has 0 radical (unpaired) electrons. The highest BCUT2D eigenvalue weighted by molar-refractivity contribution is 7.15. The third-order valence-electron chi connectivity index (χ3n) is 3.39. The Labute approximate surface area is 119 Å². The van der Waals surface area contributed by atoms with Crippen molar-refractivity contribution < 1.29 is 4.42 Å². The first kappa shape index (κ1) is 13.1. The van der Waals surface area contributed by atoms with Gasteiger partial charge in [-0.25, -0.2) is 4.79 Å². The number of aryl methyl sites for hydroxylation is 1. The minimum Gasteiger partial charge on any atom is -0.422 e. The van der Waals surface area contributed by atoms with Crippen LogP contribution in [0.25, 0.3) is 22.1 Å². The standard InChI is InChI=1S/C17H15O2P/c1-11-2-7-16-14(8-11)9-15(17(18)19-16)13-5-3-12(10-20)4-6-13/h2-9H,10,20H2,1H3. The van der Waals surface area contributed by atoms with Gasteiger partial charge < -0.3 is 4.42 Å². The molecule has 0 saturated heterocycles. The van der Waals surface area contributed by atoms with Crippen LogP contribution >= 0.6 is 9.24 Å². The number of fused-ring (bicyclic) bond motifs is 1. The zero-order chi connectivity index (χ0) is 14.1. The van der Waals surface area contributed by atoms with Gasteiger partial charge in [-0.05, 0) is 42.4 Å². The van der Waals surface area contributed by atoms with Crippen molar-refractivity contribution >= 4 is 20.2 Å². The van der Waals surface area contributed by atoms with Crippen LogP contribution in [0.5, 0.6) is 0 Å². The maximum absolute atomic E-state index is 12.1. The van der Waals surface area contributed by atoms with Gasteiger partial charge >= 0.3 is 5.63 Å². The average molecular weight is 282 g/mol. The van der Waals surface area contributed by atoms with Crippen molar-refractivity contribution in [3.05, 3.63) is 70.1 Å². The van der Waals surface area contributed by atoms with Crippen molar-refractivity contribution in [2.75, 3.05) is 0 Å². The first-order valence-electron chi connectivity index (χ1n) is 6.51. The van der Waals surface area contributed by atoms with E-state index in [1.165, 1.54) is 5.56 Å². The van der Waals surface area contributed by atoms with Crippen LogP contribution in [0, 0.1) is 6.92 Å². The molecule has 1 heterocycles. The summed E-state index contributed by atoms with van der Waals surface area (Å²) in [6.07, 6.45) is 0.909. The highest BCUT2D eigenvalue weighted by Gasteiger charge is 2.07. The fraction of sp³-hybridized carbons (Fsp3) is 0.118. The van der Waals surface area contributed by atoms with Crippen LogP contribution in [0.1, 0.15) is 11.1 Å². The summed E-state index contributed by atoms with van der Waals surface area (Å²) in [6, 6.07) is 15.7. The van der Waals surface area contributed by atoms with E-state index in [1.807, 2.05) is 55.5 Å². The zero-order valence-electron chi connectivity index (χ0n) is 11.2. The summed E-state index contributed by atoms with van der Waals surface area (Å²) in [7, 11) is 2.69. The molecule has 3 aromatic rings. The number of hydrogen-bond donors (Lipinski definition) is 0. The molecule has 3 rings (SSSR count). The lowest BCUT2D eigenvalue weighted by Gasteiger charge is -2.04. The summed E-state index contributed by atoms with van der Waals surface area (Å²) >= 11 is 0. The molecule has 0 bridgehead atoms. The van der Waals surface area contributed by atoms with Gasteiger partial charge in [0.2, 0.25) is 0 Å². The third kappa shape index (κ3) is 2.39. The van der Waals surface area contributed by atoms with Crippen molar-refractivity contribution in [2.45, 2.75) is 13.1 Å². The predicted molar refractivity (Wildman–Crippen MR) is 86.1 cm³/mol. The molecule has 0 aliphatic carbocycles. The van der Waals surface area contributed by atoms with Gasteiger partial charge in [0.25, 0.3) is 0 Å². The number of rotatable bonds is 2. The van der Waals surface area contributed by atoms with E-state index in [9.17, 15) is 4.79 Å². The van der Waals surface area contributed by atoms with Gasteiger partial charge in [-0.15, -0.1) is 9.24 Å². The lowest BCUT2D eigenvalue weighted by molar-refractivity contribution is 0.563. The lowest BCUT2D eigenvalue weighted by Crippen LogP contribution is -2.02. The fourth-order valence-corrected chi connectivity index (χ4v) is 2.54. The molecule has 1 unspecified atom stereocenters. The van der Waals surface area contributed by atoms with Gasteiger partial charge in [0, 0.05) is 5.39 Å². The molecule has 0 saturated carbocycles. The molecule has 0 aliphatic heterocycles. The van der Waals surface area contributed by atoms with E-state index >= 15 is 0 Å². The average Bonchev–Trinajstić information content (AvgIpc) is 2.47. The molecule has 2 nitrogen and oxygen atoms in total. The fourth-order valence-electron chi connectivity index (χ4n) is 2.26. The first-order chi connectivity index (χ1) is 9.67. The molecular weight excluding hydrogens is 267 g/mol. The van der Waals surface area contributed by atoms with Crippen LogP contribution in [0.4, 0.5) is 0 Å². The molecule has 20 heavy (non-hydrogen) atoms. The lowest BCUT2D eigenvalue weighted by atomic mass is 10.0. The van der Waals surface area contributed by atoms with Gasteiger partial charge in [-0.1, -0.05) is 35.9 Å². The molecule has 1 atom stereocenters.